The highest BCUT2D eigenvalue weighted by Crippen LogP contribution is 2.33. The second-order valence-corrected chi connectivity index (χ2v) is 6.04. The Hall–Kier alpha value is -2.93. The SMILES string of the molecule is COC(=O)c1cc(OC)c(OC)cc1NCC(=O)Nc1cc(Cl)ccc1C. The van der Waals surface area contributed by atoms with E-state index in [0.29, 0.717) is 27.9 Å². The van der Waals surface area contributed by atoms with Crippen LogP contribution in [0, 0.1) is 6.92 Å². The summed E-state index contributed by atoms with van der Waals surface area (Å²) in [6.45, 7) is 1.79. The minimum absolute atomic E-state index is 0.0779. The quantitative estimate of drug-likeness (QED) is 0.701. The standard InChI is InChI=1S/C19H21ClN2O5/c1-11-5-6-12(20)7-14(11)22-18(23)10-21-15-9-17(26-3)16(25-2)8-13(15)19(24)27-4/h5-9,21H,10H2,1-4H3,(H,22,23). The molecule has 1 amide bonds. The molecule has 2 aromatic carbocycles. The molecule has 2 rings (SSSR count). The molecule has 0 aromatic heterocycles. The van der Waals surface area contributed by atoms with Gasteiger partial charge in [-0.2, -0.15) is 0 Å². The second-order valence-electron chi connectivity index (χ2n) is 5.61. The number of carbonyl (C=O) groups excluding carboxylic acids is 2. The third kappa shape index (κ3) is 5.04. The molecule has 144 valence electrons. The number of benzene rings is 2. The Morgan fingerprint density at radius 1 is 1.00 bits per heavy atom. The number of amides is 1. The average molecular weight is 393 g/mol. The van der Waals surface area contributed by atoms with Crippen molar-refractivity contribution >= 4 is 34.9 Å². The van der Waals surface area contributed by atoms with E-state index in [0.717, 1.165) is 5.56 Å². The van der Waals surface area contributed by atoms with Gasteiger partial charge in [0.05, 0.1) is 39.1 Å². The van der Waals surface area contributed by atoms with Crippen LogP contribution < -0.4 is 20.1 Å². The fourth-order valence-corrected chi connectivity index (χ4v) is 2.57. The maximum Gasteiger partial charge on any atom is 0.340 e. The largest absolute Gasteiger partial charge is 0.493 e. The van der Waals surface area contributed by atoms with Gasteiger partial charge in [0.2, 0.25) is 5.91 Å². The predicted octanol–water partition coefficient (Wildman–Crippen LogP) is 3.50. The molecule has 0 aliphatic heterocycles. The molecule has 0 aliphatic carbocycles. The second kappa shape index (κ2) is 9.14. The molecule has 0 saturated carbocycles. The fourth-order valence-electron chi connectivity index (χ4n) is 2.40. The van der Waals surface area contributed by atoms with Gasteiger partial charge in [-0.3, -0.25) is 4.79 Å². The number of rotatable bonds is 7. The number of hydrogen-bond acceptors (Lipinski definition) is 6. The van der Waals surface area contributed by atoms with Crippen molar-refractivity contribution in [2.24, 2.45) is 0 Å². The van der Waals surface area contributed by atoms with Crippen LogP contribution in [-0.2, 0) is 9.53 Å². The monoisotopic (exact) mass is 392 g/mol. The first-order chi connectivity index (χ1) is 12.9. The fraction of sp³-hybridized carbons (Fsp3) is 0.263. The zero-order valence-electron chi connectivity index (χ0n) is 15.5. The smallest absolute Gasteiger partial charge is 0.340 e. The van der Waals surface area contributed by atoms with Gasteiger partial charge in [0.15, 0.2) is 11.5 Å². The third-order valence-electron chi connectivity index (χ3n) is 3.84. The summed E-state index contributed by atoms with van der Waals surface area (Å²) in [5.74, 6) is -0.0725. The summed E-state index contributed by atoms with van der Waals surface area (Å²) >= 11 is 5.96. The van der Waals surface area contributed by atoms with E-state index in [1.54, 1.807) is 18.2 Å². The van der Waals surface area contributed by atoms with Crippen LogP contribution in [-0.4, -0.2) is 39.8 Å². The van der Waals surface area contributed by atoms with Crippen molar-refractivity contribution < 1.29 is 23.8 Å². The molecule has 7 nitrogen and oxygen atoms in total. The highest BCUT2D eigenvalue weighted by Gasteiger charge is 2.18. The van der Waals surface area contributed by atoms with Crippen molar-refractivity contribution in [1.29, 1.82) is 0 Å². The van der Waals surface area contributed by atoms with E-state index in [1.165, 1.54) is 27.4 Å². The van der Waals surface area contributed by atoms with Crippen molar-refractivity contribution in [3.63, 3.8) is 0 Å². The van der Waals surface area contributed by atoms with E-state index in [9.17, 15) is 9.59 Å². The number of nitrogens with one attached hydrogen (secondary N) is 2. The lowest BCUT2D eigenvalue weighted by atomic mass is 10.1. The molecule has 0 aliphatic rings. The number of ether oxygens (including phenoxy) is 3. The van der Waals surface area contributed by atoms with Crippen molar-refractivity contribution in [1.82, 2.24) is 0 Å². The van der Waals surface area contributed by atoms with E-state index in [-0.39, 0.29) is 18.0 Å². The lowest BCUT2D eigenvalue weighted by molar-refractivity contribution is -0.114. The molecule has 27 heavy (non-hydrogen) atoms. The lowest BCUT2D eigenvalue weighted by Gasteiger charge is -2.15. The Balaban J connectivity index is 2.19. The van der Waals surface area contributed by atoms with Gasteiger partial charge >= 0.3 is 5.97 Å². The maximum atomic E-state index is 12.3. The van der Waals surface area contributed by atoms with Crippen LogP contribution in [0.25, 0.3) is 0 Å². The molecule has 0 bridgehead atoms. The summed E-state index contributed by atoms with van der Waals surface area (Å²) in [5.41, 5.74) is 2.11. The first-order valence-electron chi connectivity index (χ1n) is 8.03. The van der Waals surface area contributed by atoms with Gasteiger partial charge in [-0.05, 0) is 24.6 Å². The molecule has 8 heteroatoms. The third-order valence-corrected chi connectivity index (χ3v) is 4.08. The van der Waals surface area contributed by atoms with Gasteiger partial charge in [0.25, 0.3) is 0 Å². The van der Waals surface area contributed by atoms with Gasteiger partial charge in [0.1, 0.15) is 0 Å². The number of aryl methyl sites for hydroxylation is 1. The van der Waals surface area contributed by atoms with Crippen molar-refractivity contribution in [2.75, 3.05) is 38.5 Å². The van der Waals surface area contributed by atoms with Gasteiger partial charge < -0.3 is 24.8 Å². The zero-order valence-corrected chi connectivity index (χ0v) is 16.3. The number of methoxy groups -OCH3 is 3. The molecule has 0 saturated heterocycles. The molecule has 0 heterocycles. The van der Waals surface area contributed by atoms with Crippen LogP contribution in [0.4, 0.5) is 11.4 Å². The topological polar surface area (TPSA) is 85.9 Å². The molecule has 0 unspecified atom stereocenters. The van der Waals surface area contributed by atoms with Gasteiger partial charge in [-0.1, -0.05) is 17.7 Å². The first kappa shape index (κ1) is 20.4. The van der Waals surface area contributed by atoms with E-state index in [2.05, 4.69) is 10.6 Å². The van der Waals surface area contributed by atoms with E-state index < -0.39 is 5.97 Å². The number of hydrogen-bond donors (Lipinski definition) is 2. The Kier molecular flexibility index (Phi) is 6.90. The van der Waals surface area contributed by atoms with Gasteiger partial charge in [0, 0.05) is 22.8 Å². The summed E-state index contributed by atoms with van der Waals surface area (Å²) in [6.07, 6.45) is 0. The Labute approximate surface area is 162 Å². The van der Waals surface area contributed by atoms with Gasteiger partial charge in [-0.25, -0.2) is 4.79 Å². The number of esters is 1. The Morgan fingerprint density at radius 3 is 2.30 bits per heavy atom. The number of carbonyl (C=O) groups is 2. The molecular formula is C19H21ClN2O5. The Bertz CT molecular complexity index is 854. The van der Waals surface area contributed by atoms with E-state index in [1.807, 2.05) is 13.0 Å². The summed E-state index contributed by atoms with van der Waals surface area (Å²) < 4.78 is 15.2. The number of halogens is 1. The average Bonchev–Trinajstić information content (AvgIpc) is 2.67. The molecule has 2 N–H and O–H groups in total. The van der Waals surface area contributed by atoms with Gasteiger partial charge in [-0.15, -0.1) is 0 Å². The predicted molar refractivity (Wildman–Crippen MR) is 104 cm³/mol. The maximum absolute atomic E-state index is 12.3. The van der Waals surface area contributed by atoms with Crippen LogP contribution in [0.15, 0.2) is 30.3 Å². The molecule has 0 fully saturated rings. The minimum atomic E-state index is -0.565. The summed E-state index contributed by atoms with van der Waals surface area (Å²) in [5, 5.41) is 6.23. The highest BCUT2D eigenvalue weighted by atomic mass is 35.5. The van der Waals surface area contributed by atoms with Crippen molar-refractivity contribution in [3.8, 4) is 11.5 Å². The lowest BCUT2D eigenvalue weighted by Crippen LogP contribution is -2.23. The molecule has 0 spiro atoms. The van der Waals surface area contributed by atoms with Crippen LogP contribution in [0.2, 0.25) is 5.02 Å². The highest BCUT2D eigenvalue weighted by molar-refractivity contribution is 6.31. The van der Waals surface area contributed by atoms with Crippen LogP contribution in [0.1, 0.15) is 15.9 Å². The molecular weight excluding hydrogens is 372 g/mol. The molecule has 0 atom stereocenters. The summed E-state index contributed by atoms with van der Waals surface area (Å²) in [7, 11) is 4.22. The van der Waals surface area contributed by atoms with Crippen LogP contribution >= 0.6 is 11.6 Å². The minimum Gasteiger partial charge on any atom is -0.493 e. The summed E-state index contributed by atoms with van der Waals surface area (Å²) in [4.78, 5) is 24.3. The molecule has 0 radical (unpaired) electrons. The van der Waals surface area contributed by atoms with Crippen molar-refractivity contribution in [3.05, 3.63) is 46.5 Å². The van der Waals surface area contributed by atoms with Crippen LogP contribution in [0.3, 0.4) is 0 Å². The number of anilines is 2. The summed E-state index contributed by atoms with van der Waals surface area (Å²) in [6, 6.07) is 8.30. The van der Waals surface area contributed by atoms with Crippen molar-refractivity contribution in [2.45, 2.75) is 6.92 Å². The Morgan fingerprint density at radius 2 is 1.67 bits per heavy atom. The normalized spacial score (nSPS) is 10.1. The van der Waals surface area contributed by atoms with E-state index in [4.69, 9.17) is 25.8 Å². The zero-order chi connectivity index (χ0) is 20.0. The molecule has 2 aromatic rings. The van der Waals surface area contributed by atoms with Crippen LogP contribution in [0.5, 0.6) is 11.5 Å². The van der Waals surface area contributed by atoms with E-state index >= 15 is 0 Å². The first-order valence-corrected chi connectivity index (χ1v) is 8.41.